The fraction of sp³-hybridized carbons (Fsp3) is 1.00. The minimum Gasteiger partial charge on any atom is -0.379 e. The zero-order valence-electron chi connectivity index (χ0n) is 14.2. The van der Waals surface area contributed by atoms with E-state index in [-0.39, 0.29) is 0 Å². The molecule has 1 aliphatic heterocycles. The number of rotatable bonds is 7. The molecule has 0 radical (unpaired) electrons. The fourth-order valence-corrected chi connectivity index (χ4v) is 1.69. The van der Waals surface area contributed by atoms with E-state index in [1.165, 1.54) is 26.2 Å². The SMILES string of the molecule is CC.CC.CCNCCOCCN1CCN(C)CC1. The number of hydrogen-bond acceptors (Lipinski definition) is 4. The van der Waals surface area contributed by atoms with Crippen molar-refractivity contribution in [3.05, 3.63) is 0 Å². The minimum atomic E-state index is 0.835. The van der Waals surface area contributed by atoms with Crippen LogP contribution in [0.2, 0.25) is 0 Å². The number of nitrogens with zero attached hydrogens (tertiary/aromatic N) is 2. The summed E-state index contributed by atoms with van der Waals surface area (Å²) in [7, 11) is 2.18. The summed E-state index contributed by atoms with van der Waals surface area (Å²) in [6, 6.07) is 0. The average Bonchev–Trinajstić information content (AvgIpc) is 2.49. The summed E-state index contributed by atoms with van der Waals surface area (Å²) in [5, 5.41) is 3.25. The van der Waals surface area contributed by atoms with Crippen LogP contribution in [0.4, 0.5) is 0 Å². The van der Waals surface area contributed by atoms with Gasteiger partial charge < -0.3 is 15.0 Å². The third kappa shape index (κ3) is 14.1. The van der Waals surface area contributed by atoms with Gasteiger partial charge in [-0.25, -0.2) is 0 Å². The molecule has 1 heterocycles. The zero-order chi connectivity index (χ0) is 14.9. The van der Waals surface area contributed by atoms with E-state index in [0.29, 0.717) is 0 Å². The van der Waals surface area contributed by atoms with Crippen molar-refractivity contribution < 1.29 is 4.74 Å². The molecule has 1 saturated heterocycles. The van der Waals surface area contributed by atoms with Crippen LogP contribution in [0.15, 0.2) is 0 Å². The van der Waals surface area contributed by atoms with Crippen LogP contribution in [0.25, 0.3) is 0 Å². The molecule has 118 valence electrons. The molecular formula is C15H37N3O. The quantitative estimate of drug-likeness (QED) is 0.718. The molecule has 1 rings (SSSR count). The summed E-state index contributed by atoms with van der Waals surface area (Å²) in [4.78, 5) is 4.86. The van der Waals surface area contributed by atoms with E-state index in [9.17, 15) is 0 Å². The molecule has 1 aliphatic rings. The van der Waals surface area contributed by atoms with Gasteiger partial charge in [-0.1, -0.05) is 34.6 Å². The highest BCUT2D eigenvalue weighted by molar-refractivity contribution is 4.68. The van der Waals surface area contributed by atoms with E-state index in [4.69, 9.17) is 4.74 Å². The Balaban J connectivity index is 0. The number of nitrogens with one attached hydrogen (secondary N) is 1. The molecule has 1 fully saturated rings. The normalized spacial score (nSPS) is 16.1. The molecule has 4 heteroatoms. The molecule has 0 spiro atoms. The Morgan fingerprint density at radius 2 is 1.53 bits per heavy atom. The first-order chi connectivity index (χ1) is 9.33. The van der Waals surface area contributed by atoms with Crippen LogP contribution in [-0.2, 0) is 4.74 Å². The Hall–Kier alpha value is -0.160. The van der Waals surface area contributed by atoms with E-state index >= 15 is 0 Å². The molecule has 1 N–H and O–H groups in total. The van der Waals surface area contributed by atoms with Gasteiger partial charge in [-0.3, -0.25) is 4.90 Å². The number of ether oxygens (including phenoxy) is 1. The molecule has 4 nitrogen and oxygen atoms in total. The van der Waals surface area contributed by atoms with Crippen molar-refractivity contribution >= 4 is 0 Å². The van der Waals surface area contributed by atoms with E-state index in [1.54, 1.807) is 0 Å². The molecule has 0 amide bonds. The molecule has 0 aliphatic carbocycles. The summed E-state index contributed by atoms with van der Waals surface area (Å²) in [5.41, 5.74) is 0. The first-order valence-electron chi connectivity index (χ1n) is 8.02. The van der Waals surface area contributed by atoms with E-state index in [0.717, 1.165) is 32.8 Å². The zero-order valence-corrected chi connectivity index (χ0v) is 14.2. The van der Waals surface area contributed by atoms with Crippen molar-refractivity contribution in [3.63, 3.8) is 0 Å². The lowest BCUT2D eigenvalue weighted by atomic mass is 10.3. The summed E-state index contributed by atoms with van der Waals surface area (Å²) < 4.78 is 5.55. The summed E-state index contributed by atoms with van der Waals surface area (Å²) in [6.45, 7) is 19.7. The smallest absolute Gasteiger partial charge is 0.0594 e. The van der Waals surface area contributed by atoms with Gasteiger partial charge in [0.1, 0.15) is 0 Å². The van der Waals surface area contributed by atoms with Crippen LogP contribution in [0, 0.1) is 0 Å². The van der Waals surface area contributed by atoms with E-state index in [2.05, 4.69) is 29.1 Å². The van der Waals surface area contributed by atoms with Gasteiger partial charge in [-0.05, 0) is 13.6 Å². The van der Waals surface area contributed by atoms with Gasteiger partial charge >= 0.3 is 0 Å². The maximum Gasteiger partial charge on any atom is 0.0594 e. The van der Waals surface area contributed by atoms with Gasteiger partial charge in [0.2, 0.25) is 0 Å². The van der Waals surface area contributed by atoms with Gasteiger partial charge in [0.25, 0.3) is 0 Å². The molecule has 0 unspecified atom stereocenters. The van der Waals surface area contributed by atoms with Crippen LogP contribution in [-0.4, -0.2) is 75.9 Å². The van der Waals surface area contributed by atoms with Gasteiger partial charge in [-0.2, -0.15) is 0 Å². The molecule has 0 atom stereocenters. The molecule has 19 heavy (non-hydrogen) atoms. The molecule has 0 aromatic rings. The maximum atomic E-state index is 5.55. The second-order valence-electron chi connectivity index (χ2n) is 4.11. The van der Waals surface area contributed by atoms with Gasteiger partial charge in [0.15, 0.2) is 0 Å². The van der Waals surface area contributed by atoms with Crippen molar-refractivity contribution in [2.75, 3.05) is 66.1 Å². The Bertz CT molecular complexity index is 148. The first-order valence-corrected chi connectivity index (χ1v) is 8.02. The highest BCUT2D eigenvalue weighted by Crippen LogP contribution is 1.97. The van der Waals surface area contributed by atoms with Crippen LogP contribution in [0.3, 0.4) is 0 Å². The highest BCUT2D eigenvalue weighted by Gasteiger charge is 2.12. The van der Waals surface area contributed by atoms with Crippen LogP contribution in [0.1, 0.15) is 34.6 Å². The number of hydrogen-bond donors (Lipinski definition) is 1. The Morgan fingerprint density at radius 1 is 0.947 bits per heavy atom. The predicted octanol–water partition coefficient (Wildman–Crippen LogP) is 1.91. The van der Waals surface area contributed by atoms with Gasteiger partial charge in [0.05, 0.1) is 13.2 Å². The van der Waals surface area contributed by atoms with Crippen molar-refractivity contribution in [1.29, 1.82) is 0 Å². The summed E-state index contributed by atoms with van der Waals surface area (Å²) in [5.74, 6) is 0. The Morgan fingerprint density at radius 3 is 2.05 bits per heavy atom. The molecule has 0 bridgehead atoms. The second-order valence-corrected chi connectivity index (χ2v) is 4.11. The van der Waals surface area contributed by atoms with Crippen molar-refractivity contribution in [2.24, 2.45) is 0 Å². The van der Waals surface area contributed by atoms with Crippen LogP contribution in [0.5, 0.6) is 0 Å². The molecule has 0 aromatic carbocycles. The fourth-order valence-electron chi connectivity index (χ4n) is 1.69. The standard InChI is InChI=1S/C11H25N3O.2C2H6/c1-3-12-4-10-15-11-9-14-7-5-13(2)6-8-14;2*1-2/h12H,3-11H2,1-2H3;2*1-2H3. The third-order valence-corrected chi connectivity index (χ3v) is 2.82. The monoisotopic (exact) mass is 275 g/mol. The molecule has 0 saturated carbocycles. The average molecular weight is 275 g/mol. The predicted molar refractivity (Wildman–Crippen MR) is 86.0 cm³/mol. The van der Waals surface area contributed by atoms with E-state index in [1.807, 2.05) is 27.7 Å². The van der Waals surface area contributed by atoms with E-state index < -0.39 is 0 Å². The van der Waals surface area contributed by atoms with Crippen LogP contribution < -0.4 is 5.32 Å². The first kappa shape index (κ1) is 21.1. The third-order valence-electron chi connectivity index (χ3n) is 2.82. The molecule has 0 aromatic heterocycles. The lowest BCUT2D eigenvalue weighted by molar-refractivity contribution is 0.0832. The van der Waals surface area contributed by atoms with Gasteiger partial charge in [0, 0.05) is 39.3 Å². The molecular weight excluding hydrogens is 238 g/mol. The lowest BCUT2D eigenvalue weighted by Crippen LogP contribution is -2.45. The minimum absolute atomic E-state index is 0.835. The lowest BCUT2D eigenvalue weighted by Gasteiger charge is -2.32. The van der Waals surface area contributed by atoms with Crippen molar-refractivity contribution in [1.82, 2.24) is 15.1 Å². The largest absolute Gasteiger partial charge is 0.379 e. The Labute approximate surface area is 121 Å². The van der Waals surface area contributed by atoms with Crippen molar-refractivity contribution in [3.8, 4) is 0 Å². The second kappa shape index (κ2) is 17.8. The van der Waals surface area contributed by atoms with Gasteiger partial charge in [-0.15, -0.1) is 0 Å². The summed E-state index contributed by atoms with van der Waals surface area (Å²) >= 11 is 0. The number of piperazine rings is 1. The van der Waals surface area contributed by atoms with Crippen molar-refractivity contribution in [2.45, 2.75) is 34.6 Å². The maximum absolute atomic E-state index is 5.55. The number of likely N-dealkylation sites (N-methyl/N-ethyl adjacent to an activating group) is 2. The topological polar surface area (TPSA) is 27.7 Å². The van der Waals surface area contributed by atoms with Crippen LogP contribution >= 0.6 is 0 Å². The highest BCUT2D eigenvalue weighted by atomic mass is 16.5. The Kier molecular flexibility index (Phi) is 19.9. The summed E-state index contributed by atoms with van der Waals surface area (Å²) in [6.07, 6.45) is 0.